The van der Waals surface area contributed by atoms with E-state index in [9.17, 15) is 29.1 Å². The fraction of sp³-hybridized carbons (Fsp3) is 0.688. The molecule has 0 aromatic carbocycles. The summed E-state index contributed by atoms with van der Waals surface area (Å²) in [5.41, 5.74) is 10.7. The Morgan fingerprint density at radius 3 is 2.04 bits per heavy atom. The monoisotopic (exact) mass is 403 g/mol. The van der Waals surface area contributed by atoms with Gasteiger partial charge in [-0.2, -0.15) is 0 Å². The molecular weight excluding hydrogens is 374 g/mol. The molecule has 0 aromatic rings. The maximum absolute atomic E-state index is 12.2. The number of aliphatic carboxylic acids is 1. The van der Waals surface area contributed by atoms with Crippen molar-refractivity contribution >= 4 is 29.6 Å². The summed E-state index contributed by atoms with van der Waals surface area (Å²) in [6.07, 6.45) is -1.38. The van der Waals surface area contributed by atoms with Gasteiger partial charge in [0.25, 0.3) is 0 Å². The van der Waals surface area contributed by atoms with Crippen molar-refractivity contribution in [3.63, 3.8) is 0 Å². The molecule has 0 aliphatic rings. The van der Waals surface area contributed by atoms with Gasteiger partial charge in [-0.05, 0) is 12.8 Å². The highest BCUT2D eigenvalue weighted by Gasteiger charge is 2.30. The fourth-order valence-electron chi connectivity index (χ4n) is 2.09. The van der Waals surface area contributed by atoms with Gasteiger partial charge in [0.05, 0.1) is 25.1 Å². The topological polar surface area (TPSA) is 214 Å². The molecule has 0 spiro atoms. The summed E-state index contributed by atoms with van der Waals surface area (Å²) in [6.45, 7) is 4.34. The van der Waals surface area contributed by atoms with E-state index in [4.69, 9.17) is 16.6 Å². The molecule has 160 valence electrons. The third-order valence-corrected chi connectivity index (χ3v) is 4.08. The molecule has 0 saturated heterocycles. The number of carboxylic acids is 1. The molecule has 12 nitrogen and oxygen atoms in total. The number of carbonyl (C=O) groups excluding carboxylic acids is 4. The van der Waals surface area contributed by atoms with Crippen LogP contribution in [0.25, 0.3) is 0 Å². The van der Waals surface area contributed by atoms with Gasteiger partial charge in [-0.3, -0.25) is 19.2 Å². The number of hydrogen-bond acceptors (Lipinski definition) is 7. The van der Waals surface area contributed by atoms with Gasteiger partial charge in [0, 0.05) is 0 Å². The lowest BCUT2D eigenvalue weighted by Crippen LogP contribution is -2.57. The van der Waals surface area contributed by atoms with Crippen LogP contribution in [-0.4, -0.2) is 70.6 Å². The Kier molecular flexibility index (Phi) is 10.7. The van der Waals surface area contributed by atoms with Gasteiger partial charge in [-0.15, -0.1) is 0 Å². The SMILES string of the molecule is CCC(C)C(N)C(=O)NCC(=O)NC(C(=O)NC(CC(N)=O)C(=O)O)C(C)O. The van der Waals surface area contributed by atoms with Crippen LogP contribution >= 0.6 is 0 Å². The third kappa shape index (κ3) is 8.77. The number of nitrogens with two attached hydrogens (primary N) is 2. The number of nitrogens with one attached hydrogen (secondary N) is 3. The van der Waals surface area contributed by atoms with Gasteiger partial charge in [0.1, 0.15) is 12.1 Å². The molecule has 5 unspecified atom stereocenters. The average molecular weight is 403 g/mol. The number of rotatable bonds is 12. The van der Waals surface area contributed by atoms with Crippen molar-refractivity contribution < 1.29 is 34.2 Å². The lowest BCUT2D eigenvalue weighted by molar-refractivity contribution is -0.144. The van der Waals surface area contributed by atoms with E-state index in [1.807, 2.05) is 12.2 Å². The quantitative estimate of drug-likeness (QED) is 0.175. The first-order valence-corrected chi connectivity index (χ1v) is 8.72. The average Bonchev–Trinajstić information content (AvgIpc) is 2.61. The van der Waals surface area contributed by atoms with Crippen molar-refractivity contribution in [2.45, 2.75) is 57.8 Å². The molecule has 0 aromatic heterocycles. The van der Waals surface area contributed by atoms with Crippen molar-refractivity contribution in [2.75, 3.05) is 6.54 Å². The predicted octanol–water partition coefficient (Wildman–Crippen LogP) is -3.21. The Morgan fingerprint density at radius 1 is 1.04 bits per heavy atom. The van der Waals surface area contributed by atoms with Gasteiger partial charge in [-0.1, -0.05) is 20.3 Å². The summed E-state index contributed by atoms with van der Waals surface area (Å²) >= 11 is 0. The summed E-state index contributed by atoms with van der Waals surface area (Å²) in [4.78, 5) is 58.0. The number of primary amides is 1. The minimum absolute atomic E-state index is 0.0998. The van der Waals surface area contributed by atoms with Gasteiger partial charge in [-0.25, -0.2) is 4.79 Å². The van der Waals surface area contributed by atoms with Crippen molar-refractivity contribution in [3.05, 3.63) is 0 Å². The second kappa shape index (κ2) is 11.9. The largest absolute Gasteiger partial charge is 0.480 e. The van der Waals surface area contributed by atoms with Crippen LogP contribution < -0.4 is 27.4 Å². The standard InChI is InChI=1S/C16H29N5O7/c1-4-7(2)12(18)14(25)19-6-11(24)21-13(8(3)22)15(26)20-9(16(27)28)5-10(17)23/h7-9,12-13,22H,4-6,18H2,1-3H3,(H2,17,23)(H,19,25)(H,20,26)(H,21,24)(H,27,28). The first-order valence-electron chi connectivity index (χ1n) is 8.72. The molecule has 0 aliphatic heterocycles. The van der Waals surface area contributed by atoms with Crippen LogP contribution in [0.4, 0.5) is 0 Å². The van der Waals surface area contributed by atoms with Crippen molar-refractivity contribution in [1.82, 2.24) is 16.0 Å². The second-order valence-electron chi connectivity index (χ2n) is 6.48. The van der Waals surface area contributed by atoms with E-state index < -0.39 is 66.8 Å². The van der Waals surface area contributed by atoms with E-state index in [0.717, 1.165) is 0 Å². The molecule has 9 N–H and O–H groups in total. The van der Waals surface area contributed by atoms with E-state index in [2.05, 4.69) is 10.6 Å². The molecule has 0 heterocycles. The van der Waals surface area contributed by atoms with E-state index in [1.54, 1.807) is 6.92 Å². The summed E-state index contributed by atoms with van der Waals surface area (Å²) in [7, 11) is 0. The third-order valence-electron chi connectivity index (χ3n) is 4.08. The molecule has 0 rings (SSSR count). The summed E-state index contributed by atoms with van der Waals surface area (Å²) < 4.78 is 0. The molecule has 12 heteroatoms. The first kappa shape index (κ1) is 25.3. The van der Waals surface area contributed by atoms with Crippen molar-refractivity contribution in [3.8, 4) is 0 Å². The highest BCUT2D eigenvalue weighted by molar-refractivity contribution is 5.94. The van der Waals surface area contributed by atoms with Gasteiger partial charge >= 0.3 is 5.97 Å². The molecule has 4 amide bonds. The predicted molar refractivity (Wildman–Crippen MR) is 97.4 cm³/mol. The van der Waals surface area contributed by atoms with Crippen LogP contribution in [0.3, 0.4) is 0 Å². The second-order valence-corrected chi connectivity index (χ2v) is 6.48. The molecular formula is C16H29N5O7. The van der Waals surface area contributed by atoms with Crippen LogP contribution in [-0.2, 0) is 24.0 Å². The highest BCUT2D eigenvalue weighted by Crippen LogP contribution is 2.04. The first-order chi connectivity index (χ1) is 12.9. The van der Waals surface area contributed by atoms with Gasteiger partial charge in [0.2, 0.25) is 23.6 Å². The lowest BCUT2D eigenvalue weighted by atomic mass is 9.99. The Hall–Kier alpha value is -2.73. The van der Waals surface area contributed by atoms with Crippen molar-refractivity contribution in [2.24, 2.45) is 17.4 Å². The lowest BCUT2D eigenvalue weighted by Gasteiger charge is -2.23. The molecule has 0 fully saturated rings. The Morgan fingerprint density at radius 2 is 1.61 bits per heavy atom. The van der Waals surface area contributed by atoms with Crippen LogP contribution in [0.15, 0.2) is 0 Å². The Bertz CT molecular complexity index is 596. The number of hydrogen-bond donors (Lipinski definition) is 7. The molecule has 5 atom stereocenters. The zero-order valence-corrected chi connectivity index (χ0v) is 16.1. The summed E-state index contributed by atoms with van der Waals surface area (Å²) in [5, 5.41) is 25.2. The van der Waals surface area contributed by atoms with E-state index in [-0.39, 0.29) is 5.92 Å². The van der Waals surface area contributed by atoms with E-state index in [0.29, 0.717) is 6.42 Å². The number of aliphatic hydroxyl groups excluding tert-OH is 1. The number of carbonyl (C=O) groups is 5. The highest BCUT2D eigenvalue weighted by atomic mass is 16.4. The van der Waals surface area contributed by atoms with Crippen LogP contribution in [0.5, 0.6) is 0 Å². The maximum Gasteiger partial charge on any atom is 0.326 e. The van der Waals surface area contributed by atoms with Crippen LogP contribution in [0.1, 0.15) is 33.6 Å². The molecule has 0 saturated carbocycles. The normalized spacial score (nSPS) is 16.0. The number of amides is 4. The van der Waals surface area contributed by atoms with Gasteiger partial charge in [0.15, 0.2) is 0 Å². The van der Waals surface area contributed by atoms with E-state index >= 15 is 0 Å². The maximum atomic E-state index is 12.2. The van der Waals surface area contributed by atoms with Gasteiger partial charge < -0.3 is 37.6 Å². The van der Waals surface area contributed by atoms with Crippen molar-refractivity contribution in [1.29, 1.82) is 0 Å². The van der Waals surface area contributed by atoms with Crippen LogP contribution in [0, 0.1) is 5.92 Å². The van der Waals surface area contributed by atoms with E-state index in [1.165, 1.54) is 6.92 Å². The number of carboxylic acid groups (broad SMARTS) is 1. The smallest absolute Gasteiger partial charge is 0.326 e. The number of aliphatic hydroxyl groups is 1. The fourth-order valence-corrected chi connectivity index (χ4v) is 2.09. The molecule has 0 radical (unpaired) electrons. The minimum Gasteiger partial charge on any atom is -0.480 e. The zero-order valence-electron chi connectivity index (χ0n) is 16.1. The Labute approximate surface area is 162 Å². The molecule has 0 bridgehead atoms. The Balaban J connectivity index is 4.85. The van der Waals surface area contributed by atoms with Crippen LogP contribution in [0.2, 0.25) is 0 Å². The zero-order chi connectivity index (χ0) is 22.0. The minimum atomic E-state index is -1.61. The summed E-state index contributed by atoms with van der Waals surface area (Å²) in [5.74, 6) is -4.93. The molecule has 0 aliphatic carbocycles. The summed E-state index contributed by atoms with van der Waals surface area (Å²) in [6, 6.07) is -3.93. The molecule has 28 heavy (non-hydrogen) atoms.